The molecule has 3 unspecified atom stereocenters. The van der Waals surface area contributed by atoms with E-state index >= 15 is 0 Å². The Bertz CT molecular complexity index is 160. The minimum atomic E-state index is -0.284. The van der Waals surface area contributed by atoms with Gasteiger partial charge in [-0.25, -0.2) is 10.6 Å². The van der Waals surface area contributed by atoms with E-state index in [1.165, 1.54) is 0 Å². The summed E-state index contributed by atoms with van der Waals surface area (Å²) in [5, 5.41) is 2.77. The van der Waals surface area contributed by atoms with Gasteiger partial charge < -0.3 is 5.32 Å². The van der Waals surface area contributed by atoms with Crippen LogP contribution < -0.4 is 16.6 Å². The molecule has 0 aromatic rings. The number of hydrogen-bond donors (Lipinski definition) is 3. The van der Waals surface area contributed by atoms with Crippen LogP contribution in [0.1, 0.15) is 20.3 Å². The van der Waals surface area contributed by atoms with Gasteiger partial charge in [0, 0.05) is 6.04 Å². The Hall–Kier alpha value is -0.770. The molecule has 0 bridgehead atoms. The lowest BCUT2D eigenvalue weighted by Gasteiger charge is -2.40. The first-order valence-corrected chi connectivity index (χ1v) is 3.92. The summed E-state index contributed by atoms with van der Waals surface area (Å²) in [4.78, 5) is 10.7. The number of nitrogens with one attached hydrogen (secondary N) is 2. The topological polar surface area (TPSA) is 67.2 Å². The minimum Gasteiger partial charge on any atom is -0.334 e. The van der Waals surface area contributed by atoms with Crippen LogP contribution in [0.4, 0.5) is 4.79 Å². The van der Waals surface area contributed by atoms with Gasteiger partial charge in [0.15, 0.2) is 0 Å². The lowest BCUT2D eigenvalue weighted by molar-refractivity contribution is 0.140. The Labute approximate surface area is 66.5 Å². The smallest absolute Gasteiger partial charge is 0.329 e. The van der Waals surface area contributed by atoms with Crippen molar-refractivity contribution in [1.29, 1.82) is 0 Å². The van der Waals surface area contributed by atoms with Gasteiger partial charge >= 0.3 is 6.03 Å². The van der Waals surface area contributed by atoms with E-state index in [1.807, 2.05) is 5.43 Å². The van der Waals surface area contributed by atoms with E-state index in [1.54, 1.807) is 0 Å². The number of amides is 2. The van der Waals surface area contributed by atoms with Gasteiger partial charge in [0.25, 0.3) is 0 Å². The molecule has 4 nitrogen and oxygen atoms in total. The Kier molecular flexibility index (Phi) is 2.34. The number of hydrazine groups is 1. The second kappa shape index (κ2) is 3.09. The van der Waals surface area contributed by atoms with Crippen LogP contribution >= 0.6 is 0 Å². The SMILES string of the molecule is CC1CC(NC(=O)NN)C1C. The van der Waals surface area contributed by atoms with Gasteiger partial charge in [0.2, 0.25) is 0 Å². The van der Waals surface area contributed by atoms with E-state index in [2.05, 4.69) is 19.2 Å². The van der Waals surface area contributed by atoms with Crippen LogP contribution in [-0.4, -0.2) is 12.1 Å². The van der Waals surface area contributed by atoms with Crippen LogP contribution in [0.15, 0.2) is 0 Å². The summed E-state index contributed by atoms with van der Waals surface area (Å²) >= 11 is 0. The van der Waals surface area contributed by atoms with Crippen molar-refractivity contribution in [3.63, 3.8) is 0 Å². The fraction of sp³-hybridized carbons (Fsp3) is 0.857. The number of urea groups is 1. The van der Waals surface area contributed by atoms with E-state index in [0.29, 0.717) is 12.0 Å². The molecule has 0 aromatic carbocycles. The number of carbonyl (C=O) groups excluding carboxylic acids is 1. The highest BCUT2D eigenvalue weighted by Crippen LogP contribution is 2.33. The van der Waals surface area contributed by atoms with Crippen molar-refractivity contribution in [2.45, 2.75) is 26.3 Å². The fourth-order valence-corrected chi connectivity index (χ4v) is 1.43. The Morgan fingerprint density at radius 3 is 2.55 bits per heavy atom. The van der Waals surface area contributed by atoms with Crippen LogP contribution in [0.2, 0.25) is 0 Å². The number of carbonyl (C=O) groups is 1. The Morgan fingerprint density at radius 1 is 1.55 bits per heavy atom. The fourth-order valence-electron chi connectivity index (χ4n) is 1.43. The molecule has 1 rings (SSSR count). The second-order valence-corrected chi connectivity index (χ2v) is 3.30. The summed E-state index contributed by atoms with van der Waals surface area (Å²) in [6.07, 6.45) is 1.06. The third kappa shape index (κ3) is 1.63. The number of nitrogens with two attached hydrogens (primary N) is 1. The molecule has 4 heteroatoms. The van der Waals surface area contributed by atoms with Gasteiger partial charge in [-0.2, -0.15) is 0 Å². The normalized spacial score (nSPS) is 35.7. The lowest BCUT2D eigenvalue weighted by atomic mass is 9.71. The van der Waals surface area contributed by atoms with E-state index < -0.39 is 0 Å². The molecule has 3 atom stereocenters. The van der Waals surface area contributed by atoms with Gasteiger partial charge in [0.05, 0.1) is 0 Å². The molecule has 0 heterocycles. The van der Waals surface area contributed by atoms with E-state index in [4.69, 9.17) is 5.84 Å². The molecular formula is C7H15N3O. The van der Waals surface area contributed by atoms with Crippen molar-refractivity contribution in [3.8, 4) is 0 Å². The molecule has 0 aliphatic heterocycles. The van der Waals surface area contributed by atoms with Crippen molar-refractivity contribution in [3.05, 3.63) is 0 Å². The monoisotopic (exact) mass is 157 g/mol. The molecule has 11 heavy (non-hydrogen) atoms. The summed E-state index contributed by atoms with van der Waals surface area (Å²) in [6, 6.07) is 0.0299. The zero-order chi connectivity index (χ0) is 8.43. The van der Waals surface area contributed by atoms with Crippen molar-refractivity contribution in [2.75, 3.05) is 0 Å². The average Bonchev–Trinajstić information content (AvgIpc) is 2.03. The summed E-state index contributed by atoms with van der Waals surface area (Å²) < 4.78 is 0. The predicted molar refractivity (Wildman–Crippen MR) is 42.6 cm³/mol. The highest BCUT2D eigenvalue weighted by atomic mass is 16.2. The minimum absolute atomic E-state index is 0.284. The average molecular weight is 157 g/mol. The van der Waals surface area contributed by atoms with Crippen LogP contribution in [-0.2, 0) is 0 Å². The van der Waals surface area contributed by atoms with Crippen LogP contribution in [0, 0.1) is 11.8 Å². The molecule has 2 amide bonds. The van der Waals surface area contributed by atoms with E-state index in [9.17, 15) is 4.79 Å². The molecule has 1 aliphatic rings. The molecule has 1 fully saturated rings. The largest absolute Gasteiger partial charge is 0.334 e. The zero-order valence-electron chi connectivity index (χ0n) is 6.92. The molecule has 0 aromatic heterocycles. The van der Waals surface area contributed by atoms with Crippen molar-refractivity contribution in [1.82, 2.24) is 10.7 Å². The summed E-state index contributed by atoms with van der Waals surface area (Å²) in [7, 11) is 0. The Morgan fingerprint density at radius 2 is 2.18 bits per heavy atom. The summed E-state index contributed by atoms with van der Waals surface area (Å²) in [5.41, 5.74) is 2.05. The maximum absolute atomic E-state index is 10.7. The second-order valence-electron chi connectivity index (χ2n) is 3.30. The standard InChI is InChI=1S/C7H15N3O/c1-4-3-6(5(4)2)9-7(11)10-8/h4-6H,3,8H2,1-2H3,(H2,9,10,11). The van der Waals surface area contributed by atoms with Gasteiger partial charge in [-0.05, 0) is 18.3 Å². The summed E-state index contributed by atoms with van der Waals surface area (Å²) in [6.45, 7) is 4.32. The highest BCUT2D eigenvalue weighted by molar-refractivity contribution is 5.73. The molecule has 0 spiro atoms. The molecule has 0 saturated heterocycles. The van der Waals surface area contributed by atoms with Crippen molar-refractivity contribution < 1.29 is 4.79 Å². The quantitative estimate of drug-likeness (QED) is 0.289. The third-order valence-electron chi connectivity index (χ3n) is 2.61. The number of hydrogen-bond acceptors (Lipinski definition) is 2. The van der Waals surface area contributed by atoms with Crippen LogP contribution in [0.5, 0.6) is 0 Å². The third-order valence-corrected chi connectivity index (χ3v) is 2.61. The molecule has 1 aliphatic carbocycles. The molecule has 64 valence electrons. The maximum Gasteiger partial charge on any atom is 0.329 e. The van der Waals surface area contributed by atoms with Crippen molar-refractivity contribution >= 4 is 6.03 Å². The van der Waals surface area contributed by atoms with E-state index in [0.717, 1.165) is 12.3 Å². The van der Waals surface area contributed by atoms with Gasteiger partial charge in [0.1, 0.15) is 0 Å². The van der Waals surface area contributed by atoms with Crippen LogP contribution in [0.25, 0.3) is 0 Å². The highest BCUT2D eigenvalue weighted by Gasteiger charge is 2.34. The first-order valence-electron chi connectivity index (χ1n) is 3.92. The number of rotatable bonds is 1. The molecular weight excluding hydrogens is 142 g/mol. The summed E-state index contributed by atoms with van der Waals surface area (Å²) in [5.74, 6) is 6.21. The van der Waals surface area contributed by atoms with E-state index in [-0.39, 0.29) is 6.03 Å². The first-order chi connectivity index (χ1) is 5.15. The Balaban J connectivity index is 2.25. The van der Waals surface area contributed by atoms with Gasteiger partial charge in [-0.15, -0.1) is 0 Å². The predicted octanol–water partition coefficient (Wildman–Crippen LogP) is 0.204. The molecule has 1 saturated carbocycles. The van der Waals surface area contributed by atoms with Gasteiger partial charge in [-0.1, -0.05) is 13.8 Å². The van der Waals surface area contributed by atoms with Crippen LogP contribution in [0.3, 0.4) is 0 Å². The first kappa shape index (κ1) is 8.33. The van der Waals surface area contributed by atoms with Crippen molar-refractivity contribution in [2.24, 2.45) is 17.7 Å². The maximum atomic E-state index is 10.7. The molecule has 0 radical (unpaired) electrons. The zero-order valence-corrected chi connectivity index (χ0v) is 6.92. The lowest BCUT2D eigenvalue weighted by Crippen LogP contribution is -2.54. The molecule has 4 N–H and O–H groups in total. The van der Waals surface area contributed by atoms with Gasteiger partial charge in [-0.3, -0.25) is 5.43 Å².